The molecule has 1 heterocycles. The van der Waals surface area contributed by atoms with Gasteiger partial charge < -0.3 is 10.0 Å². The quantitative estimate of drug-likeness (QED) is 0.763. The summed E-state index contributed by atoms with van der Waals surface area (Å²) in [4.78, 5) is 36.1. The molecule has 1 aromatic carbocycles. The van der Waals surface area contributed by atoms with Gasteiger partial charge in [-0.05, 0) is 26.0 Å². The Hall–Kier alpha value is -2.37. The van der Waals surface area contributed by atoms with E-state index in [1.54, 1.807) is 32.0 Å². The molecule has 2 N–H and O–H groups in total. The number of anilines is 1. The Bertz CT molecular complexity index is 566. The van der Waals surface area contributed by atoms with Crippen LogP contribution in [0.3, 0.4) is 0 Å². The van der Waals surface area contributed by atoms with Crippen molar-refractivity contribution < 1.29 is 19.5 Å². The van der Waals surface area contributed by atoms with E-state index in [4.69, 9.17) is 0 Å². The maximum absolute atomic E-state index is 11.9. The van der Waals surface area contributed by atoms with Crippen molar-refractivity contribution in [2.45, 2.75) is 19.4 Å². The molecule has 0 unspecified atom stereocenters. The molecule has 0 aromatic heterocycles. The van der Waals surface area contributed by atoms with Gasteiger partial charge in [-0.25, -0.2) is 4.79 Å². The molecule has 1 aliphatic rings. The van der Waals surface area contributed by atoms with Crippen LogP contribution in [0.4, 0.5) is 5.69 Å². The summed E-state index contributed by atoms with van der Waals surface area (Å²) in [5.41, 5.74) is -0.555. The Labute approximate surface area is 110 Å². The van der Waals surface area contributed by atoms with Gasteiger partial charge in [-0.15, -0.1) is 0 Å². The molecule has 6 nitrogen and oxygen atoms in total. The summed E-state index contributed by atoms with van der Waals surface area (Å²) in [6, 6.07) is 6.32. The number of amides is 2. The number of benzene rings is 1. The first kappa shape index (κ1) is 13.1. The number of rotatable bonds is 2. The van der Waals surface area contributed by atoms with Crippen LogP contribution in [0.1, 0.15) is 24.2 Å². The lowest BCUT2D eigenvalue weighted by molar-refractivity contribution is -0.135. The first-order valence-corrected chi connectivity index (χ1v) is 5.78. The van der Waals surface area contributed by atoms with Gasteiger partial charge in [0.15, 0.2) is 0 Å². The average Bonchev–Trinajstić information content (AvgIpc) is 2.34. The number of carbonyl (C=O) groups is 3. The van der Waals surface area contributed by atoms with E-state index < -0.39 is 23.3 Å². The molecule has 0 radical (unpaired) electrons. The second-order valence-corrected chi connectivity index (χ2v) is 4.84. The van der Waals surface area contributed by atoms with Crippen LogP contribution in [0, 0.1) is 0 Å². The van der Waals surface area contributed by atoms with Crippen LogP contribution in [0.15, 0.2) is 24.3 Å². The minimum Gasteiger partial charge on any atom is -0.478 e. The van der Waals surface area contributed by atoms with Crippen LogP contribution < -0.4 is 10.2 Å². The molecule has 1 fully saturated rings. The lowest BCUT2D eigenvalue weighted by Crippen LogP contribution is -2.64. The van der Waals surface area contributed by atoms with Gasteiger partial charge in [-0.3, -0.25) is 14.9 Å². The fourth-order valence-corrected chi connectivity index (χ4v) is 2.06. The number of aromatic carboxylic acids is 1. The first-order chi connectivity index (χ1) is 8.84. The monoisotopic (exact) mass is 262 g/mol. The molecular formula is C13H14N2O4. The van der Waals surface area contributed by atoms with Gasteiger partial charge in [0, 0.05) is 0 Å². The predicted molar refractivity (Wildman–Crippen MR) is 68.0 cm³/mol. The SMILES string of the molecule is CC1(C)C(=O)NC(=O)CN1c1ccccc1C(=O)O. The van der Waals surface area contributed by atoms with Crippen molar-refractivity contribution in [1.29, 1.82) is 0 Å². The molecule has 0 atom stereocenters. The number of imide groups is 1. The van der Waals surface area contributed by atoms with E-state index in [0.717, 1.165) is 0 Å². The standard InChI is InChI=1S/C13H14N2O4/c1-13(2)12(19)14-10(16)7-15(13)9-6-4-3-5-8(9)11(17)18/h3-6H,7H2,1-2H3,(H,17,18)(H,14,16,19). The normalized spacial score (nSPS) is 18.1. The molecule has 1 saturated heterocycles. The zero-order chi connectivity index (χ0) is 14.2. The fraction of sp³-hybridized carbons (Fsp3) is 0.308. The summed E-state index contributed by atoms with van der Waals surface area (Å²) in [6.07, 6.45) is 0. The van der Waals surface area contributed by atoms with Crippen molar-refractivity contribution in [3.63, 3.8) is 0 Å². The number of nitrogens with zero attached hydrogens (tertiary/aromatic N) is 1. The van der Waals surface area contributed by atoms with Crippen molar-refractivity contribution in [2.24, 2.45) is 0 Å². The molecule has 0 bridgehead atoms. The molecule has 0 aliphatic carbocycles. The molecule has 1 aliphatic heterocycles. The third-order valence-corrected chi connectivity index (χ3v) is 3.21. The van der Waals surface area contributed by atoms with E-state index in [1.807, 2.05) is 0 Å². The van der Waals surface area contributed by atoms with Crippen molar-refractivity contribution in [3.05, 3.63) is 29.8 Å². The van der Waals surface area contributed by atoms with Gasteiger partial charge in [-0.1, -0.05) is 12.1 Å². The van der Waals surface area contributed by atoms with Crippen LogP contribution >= 0.6 is 0 Å². The Morgan fingerprint density at radius 2 is 1.95 bits per heavy atom. The summed E-state index contributed by atoms with van der Waals surface area (Å²) in [7, 11) is 0. The van der Waals surface area contributed by atoms with Crippen molar-refractivity contribution in [1.82, 2.24) is 5.32 Å². The van der Waals surface area contributed by atoms with E-state index in [0.29, 0.717) is 5.69 Å². The number of piperazine rings is 1. The molecule has 1 aromatic rings. The molecular weight excluding hydrogens is 248 g/mol. The van der Waals surface area contributed by atoms with Crippen molar-refractivity contribution in [3.8, 4) is 0 Å². The number of carboxylic acid groups (broad SMARTS) is 1. The lowest BCUT2D eigenvalue weighted by Gasteiger charge is -2.42. The molecule has 2 rings (SSSR count). The summed E-state index contributed by atoms with van der Waals surface area (Å²) in [6.45, 7) is 3.24. The molecule has 0 saturated carbocycles. The Kier molecular flexibility index (Phi) is 3.01. The average molecular weight is 262 g/mol. The highest BCUT2D eigenvalue weighted by Crippen LogP contribution is 2.29. The summed E-state index contributed by atoms with van der Waals surface area (Å²) in [5.74, 6) is -1.97. The maximum atomic E-state index is 11.9. The van der Waals surface area contributed by atoms with Crippen LogP contribution in [-0.2, 0) is 9.59 Å². The minimum atomic E-state index is -1.09. The van der Waals surface area contributed by atoms with Gasteiger partial charge in [0.2, 0.25) is 5.91 Å². The van der Waals surface area contributed by atoms with Crippen LogP contribution in [0.25, 0.3) is 0 Å². The molecule has 6 heteroatoms. The summed E-state index contributed by atoms with van der Waals surface area (Å²) < 4.78 is 0. The maximum Gasteiger partial charge on any atom is 0.337 e. The number of hydrogen-bond donors (Lipinski definition) is 2. The van der Waals surface area contributed by atoms with Crippen LogP contribution in [-0.4, -0.2) is 35.0 Å². The van der Waals surface area contributed by atoms with E-state index in [2.05, 4.69) is 5.32 Å². The van der Waals surface area contributed by atoms with Gasteiger partial charge in [0.05, 0.1) is 17.8 Å². The number of carbonyl (C=O) groups excluding carboxylic acids is 2. The van der Waals surface area contributed by atoms with Gasteiger partial charge in [0.25, 0.3) is 5.91 Å². The largest absolute Gasteiger partial charge is 0.478 e. The number of hydrogen-bond acceptors (Lipinski definition) is 4. The zero-order valence-corrected chi connectivity index (χ0v) is 10.6. The van der Waals surface area contributed by atoms with Crippen molar-refractivity contribution >= 4 is 23.5 Å². The molecule has 0 spiro atoms. The number of carboxylic acids is 1. The van der Waals surface area contributed by atoms with E-state index >= 15 is 0 Å². The molecule has 100 valence electrons. The second kappa shape index (κ2) is 4.38. The summed E-state index contributed by atoms with van der Waals surface area (Å²) >= 11 is 0. The first-order valence-electron chi connectivity index (χ1n) is 5.78. The second-order valence-electron chi connectivity index (χ2n) is 4.84. The fourth-order valence-electron chi connectivity index (χ4n) is 2.06. The van der Waals surface area contributed by atoms with Gasteiger partial charge in [0.1, 0.15) is 5.54 Å². The van der Waals surface area contributed by atoms with E-state index in [9.17, 15) is 19.5 Å². The lowest BCUT2D eigenvalue weighted by atomic mass is 9.96. The Morgan fingerprint density at radius 3 is 2.58 bits per heavy atom. The number of nitrogens with one attached hydrogen (secondary N) is 1. The zero-order valence-electron chi connectivity index (χ0n) is 10.6. The van der Waals surface area contributed by atoms with E-state index in [1.165, 1.54) is 11.0 Å². The Balaban J connectivity index is 2.53. The van der Waals surface area contributed by atoms with E-state index in [-0.39, 0.29) is 12.1 Å². The topological polar surface area (TPSA) is 86.7 Å². The third-order valence-electron chi connectivity index (χ3n) is 3.21. The third kappa shape index (κ3) is 2.16. The van der Waals surface area contributed by atoms with Crippen molar-refractivity contribution in [2.75, 3.05) is 11.4 Å². The van der Waals surface area contributed by atoms with Crippen LogP contribution in [0.2, 0.25) is 0 Å². The highest BCUT2D eigenvalue weighted by molar-refractivity contribution is 6.08. The predicted octanol–water partition coefficient (Wildman–Crippen LogP) is 0.626. The number of para-hydroxylation sites is 1. The smallest absolute Gasteiger partial charge is 0.337 e. The minimum absolute atomic E-state index is 0.0525. The highest BCUT2D eigenvalue weighted by atomic mass is 16.4. The van der Waals surface area contributed by atoms with Crippen LogP contribution in [0.5, 0.6) is 0 Å². The molecule has 19 heavy (non-hydrogen) atoms. The summed E-state index contributed by atoms with van der Waals surface area (Å²) in [5, 5.41) is 11.4. The van der Waals surface area contributed by atoms with Gasteiger partial charge >= 0.3 is 5.97 Å². The highest BCUT2D eigenvalue weighted by Gasteiger charge is 2.42. The molecule has 2 amide bonds. The van der Waals surface area contributed by atoms with Gasteiger partial charge in [-0.2, -0.15) is 0 Å². The Morgan fingerprint density at radius 1 is 1.32 bits per heavy atom.